The molecule has 0 amide bonds. The van der Waals surface area contributed by atoms with E-state index in [4.69, 9.17) is 24.9 Å². The molecular weight excluding hydrogens is 278 g/mol. The third kappa shape index (κ3) is 4.95. The van der Waals surface area contributed by atoms with E-state index in [0.29, 0.717) is 0 Å². The number of halogens is 3. The summed E-state index contributed by atoms with van der Waals surface area (Å²) in [6, 6.07) is 0. The Morgan fingerprint density at radius 1 is 1.25 bits per heavy atom. The quantitative estimate of drug-likeness (QED) is 0.762. The van der Waals surface area contributed by atoms with Crippen LogP contribution < -0.4 is 5.73 Å². The first-order valence-electron chi connectivity index (χ1n) is 6.16. The summed E-state index contributed by atoms with van der Waals surface area (Å²) in [6.45, 7) is 10.2. The van der Waals surface area contributed by atoms with Crippen LogP contribution in [0.15, 0.2) is 0 Å². The minimum atomic E-state index is -5.08. The van der Waals surface area contributed by atoms with Crippen molar-refractivity contribution in [3.63, 3.8) is 0 Å². The van der Waals surface area contributed by atoms with Crippen molar-refractivity contribution in [2.75, 3.05) is 0 Å². The molecule has 0 aromatic heterocycles. The van der Waals surface area contributed by atoms with E-state index in [1.807, 2.05) is 34.6 Å². The lowest BCUT2D eigenvalue weighted by atomic mass is 9.77. The van der Waals surface area contributed by atoms with Crippen LogP contribution in [0.4, 0.5) is 13.2 Å². The largest absolute Gasteiger partial charge is 0.490 e. The lowest BCUT2D eigenvalue weighted by Gasteiger charge is -2.32. The number of alkyl halides is 3. The van der Waals surface area contributed by atoms with Crippen molar-refractivity contribution in [3.8, 4) is 0 Å². The predicted octanol–water partition coefficient (Wildman–Crippen LogP) is 1.99. The maximum Gasteiger partial charge on any atom is 0.490 e. The average molecular weight is 299 g/mol. The number of carboxylic acid groups (broad SMARTS) is 1. The SMILES string of the molecule is CCC(N)B1OC(C)(C)C(C)(C)O1.O=C(O)C(F)(F)F. The molecule has 0 saturated carbocycles. The fourth-order valence-electron chi connectivity index (χ4n) is 1.26. The van der Waals surface area contributed by atoms with E-state index in [1.165, 1.54) is 0 Å². The van der Waals surface area contributed by atoms with E-state index in [-0.39, 0.29) is 24.3 Å². The van der Waals surface area contributed by atoms with Gasteiger partial charge in [0.15, 0.2) is 0 Å². The maximum atomic E-state index is 10.6. The second-order valence-corrected chi connectivity index (χ2v) is 5.50. The summed E-state index contributed by atoms with van der Waals surface area (Å²) in [7, 11) is -0.255. The summed E-state index contributed by atoms with van der Waals surface area (Å²) in [5.74, 6) is -2.78. The molecule has 1 heterocycles. The predicted molar refractivity (Wildman–Crippen MR) is 68.0 cm³/mol. The van der Waals surface area contributed by atoms with E-state index in [2.05, 4.69) is 0 Å². The summed E-state index contributed by atoms with van der Waals surface area (Å²) < 4.78 is 43.3. The van der Waals surface area contributed by atoms with E-state index in [9.17, 15) is 13.2 Å². The van der Waals surface area contributed by atoms with Crippen molar-refractivity contribution in [1.82, 2.24) is 0 Å². The van der Waals surface area contributed by atoms with Gasteiger partial charge < -0.3 is 20.1 Å². The summed E-state index contributed by atoms with van der Waals surface area (Å²) in [5, 5.41) is 7.12. The Bertz CT molecular complexity index is 331. The fourth-order valence-corrected chi connectivity index (χ4v) is 1.26. The molecule has 0 radical (unpaired) electrons. The second kappa shape index (κ2) is 6.32. The van der Waals surface area contributed by atoms with Gasteiger partial charge in [0.2, 0.25) is 0 Å². The molecule has 5 nitrogen and oxygen atoms in total. The Morgan fingerprint density at radius 3 is 1.75 bits per heavy atom. The van der Waals surface area contributed by atoms with Crippen LogP contribution in [0, 0.1) is 0 Å². The normalized spacial score (nSPS) is 21.9. The van der Waals surface area contributed by atoms with Crippen LogP contribution >= 0.6 is 0 Å². The van der Waals surface area contributed by atoms with Gasteiger partial charge in [-0.05, 0) is 34.1 Å². The zero-order valence-corrected chi connectivity index (χ0v) is 12.2. The first-order chi connectivity index (χ1) is 8.74. The third-order valence-electron chi connectivity index (χ3n) is 3.33. The number of nitrogens with two attached hydrogens (primary N) is 1. The highest BCUT2D eigenvalue weighted by molar-refractivity contribution is 6.47. The van der Waals surface area contributed by atoms with E-state index in [0.717, 1.165) is 6.42 Å². The molecular formula is C11H21BF3NO4. The van der Waals surface area contributed by atoms with Crippen LogP contribution in [-0.4, -0.2) is 41.5 Å². The minimum Gasteiger partial charge on any atom is -0.475 e. The molecule has 0 aromatic carbocycles. The topological polar surface area (TPSA) is 81.8 Å². The van der Waals surface area contributed by atoms with Crippen LogP contribution in [-0.2, 0) is 14.1 Å². The van der Waals surface area contributed by atoms with E-state index < -0.39 is 12.1 Å². The van der Waals surface area contributed by atoms with Crippen molar-refractivity contribution in [1.29, 1.82) is 0 Å². The summed E-state index contributed by atoms with van der Waals surface area (Å²) in [4.78, 5) is 8.90. The monoisotopic (exact) mass is 299 g/mol. The highest BCUT2D eigenvalue weighted by Crippen LogP contribution is 2.37. The lowest BCUT2D eigenvalue weighted by Crippen LogP contribution is -2.41. The van der Waals surface area contributed by atoms with Gasteiger partial charge in [0.25, 0.3) is 0 Å². The van der Waals surface area contributed by atoms with Crippen molar-refractivity contribution in [2.45, 2.75) is 64.4 Å². The van der Waals surface area contributed by atoms with Gasteiger partial charge in [0.05, 0.1) is 11.2 Å². The van der Waals surface area contributed by atoms with Gasteiger partial charge in [0, 0.05) is 5.94 Å². The van der Waals surface area contributed by atoms with Gasteiger partial charge >= 0.3 is 19.3 Å². The molecule has 3 N–H and O–H groups in total. The molecule has 1 unspecified atom stereocenters. The van der Waals surface area contributed by atoms with Gasteiger partial charge in [-0.25, -0.2) is 4.79 Å². The molecule has 1 rings (SSSR count). The van der Waals surface area contributed by atoms with Gasteiger partial charge in [-0.1, -0.05) is 6.92 Å². The van der Waals surface area contributed by atoms with E-state index in [1.54, 1.807) is 0 Å². The Morgan fingerprint density at radius 2 is 1.55 bits per heavy atom. The number of hydrogen-bond acceptors (Lipinski definition) is 4. The third-order valence-corrected chi connectivity index (χ3v) is 3.33. The first-order valence-corrected chi connectivity index (χ1v) is 6.16. The Balaban J connectivity index is 0.000000441. The van der Waals surface area contributed by atoms with Crippen LogP contribution in [0.5, 0.6) is 0 Å². The van der Waals surface area contributed by atoms with Gasteiger partial charge in [0.1, 0.15) is 0 Å². The number of aliphatic carboxylic acids is 1. The highest BCUT2D eigenvalue weighted by atomic mass is 19.4. The number of carbonyl (C=O) groups is 1. The molecule has 1 atom stereocenters. The van der Waals surface area contributed by atoms with Crippen molar-refractivity contribution < 1.29 is 32.4 Å². The molecule has 9 heteroatoms. The minimum absolute atomic E-state index is 0.0268. The van der Waals surface area contributed by atoms with Gasteiger partial charge in [-0.2, -0.15) is 13.2 Å². The molecule has 1 aliphatic rings. The molecule has 0 bridgehead atoms. The van der Waals surface area contributed by atoms with Gasteiger partial charge in [-0.15, -0.1) is 0 Å². The summed E-state index contributed by atoms with van der Waals surface area (Å²) >= 11 is 0. The van der Waals surface area contributed by atoms with Crippen molar-refractivity contribution in [3.05, 3.63) is 0 Å². The van der Waals surface area contributed by atoms with Crippen LogP contribution in [0.2, 0.25) is 0 Å². The fraction of sp³-hybridized carbons (Fsp3) is 0.909. The molecule has 1 saturated heterocycles. The molecule has 1 aliphatic heterocycles. The molecule has 0 aliphatic carbocycles. The molecule has 20 heavy (non-hydrogen) atoms. The van der Waals surface area contributed by atoms with Gasteiger partial charge in [-0.3, -0.25) is 0 Å². The first kappa shape index (κ1) is 19.2. The Kier molecular flexibility index (Phi) is 6.07. The zero-order valence-electron chi connectivity index (χ0n) is 12.2. The lowest BCUT2D eigenvalue weighted by molar-refractivity contribution is -0.192. The smallest absolute Gasteiger partial charge is 0.475 e. The number of hydrogen-bond donors (Lipinski definition) is 2. The molecule has 118 valence electrons. The highest BCUT2D eigenvalue weighted by Gasteiger charge is 2.52. The van der Waals surface area contributed by atoms with E-state index >= 15 is 0 Å². The van der Waals surface area contributed by atoms with Crippen molar-refractivity contribution in [2.24, 2.45) is 5.73 Å². The Labute approximate surface area is 116 Å². The Hall–Kier alpha value is -0.795. The molecule has 0 spiro atoms. The van der Waals surface area contributed by atoms with Crippen LogP contribution in [0.1, 0.15) is 41.0 Å². The summed E-state index contributed by atoms with van der Waals surface area (Å²) in [5.41, 5.74) is 5.35. The maximum absolute atomic E-state index is 10.6. The molecule has 0 aromatic rings. The van der Waals surface area contributed by atoms with Crippen LogP contribution in [0.3, 0.4) is 0 Å². The number of rotatable bonds is 2. The second-order valence-electron chi connectivity index (χ2n) is 5.50. The summed E-state index contributed by atoms with van der Waals surface area (Å²) in [6.07, 6.45) is -4.21. The standard InChI is InChI=1S/C9H20BNO2.C2HF3O2/c1-6-7(11)10-12-8(2,3)9(4,5)13-10;3-2(4,5)1(6)7/h7H,6,11H2,1-5H3;(H,6,7). The zero-order chi connectivity index (χ0) is 16.4. The molecule has 1 fully saturated rings. The van der Waals surface area contributed by atoms with Crippen LogP contribution in [0.25, 0.3) is 0 Å². The van der Waals surface area contributed by atoms with Crippen molar-refractivity contribution >= 4 is 13.1 Å². The number of carboxylic acids is 1. The average Bonchev–Trinajstić information content (AvgIpc) is 2.46.